The number of fused-ring (bicyclic) bond motifs is 1. The largest absolute Gasteiger partial charge is 0.513 e. The van der Waals surface area contributed by atoms with Crippen molar-refractivity contribution in [3.8, 4) is 5.75 Å². The molecular formula is C14H11F4NO3. The Labute approximate surface area is 122 Å². The maximum Gasteiger partial charge on any atom is 0.513 e. The van der Waals surface area contributed by atoms with Gasteiger partial charge < -0.3 is 9.47 Å². The molecule has 0 aliphatic heterocycles. The molecule has 0 radical (unpaired) electrons. The van der Waals surface area contributed by atoms with E-state index in [9.17, 15) is 22.4 Å². The van der Waals surface area contributed by atoms with Crippen molar-refractivity contribution < 1.29 is 31.8 Å². The van der Waals surface area contributed by atoms with E-state index < -0.39 is 23.7 Å². The third kappa shape index (κ3) is 2.81. The van der Waals surface area contributed by atoms with Crippen LogP contribution in [-0.2, 0) is 10.9 Å². The average molecular weight is 317 g/mol. The van der Waals surface area contributed by atoms with Gasteiger partial charge in [0.15, 0.2) is 0 Å². The molecule has 0 unspecified atom stereocenters. The topological polar surface area (TPSA) is 48.4 Å². The number of halogens is 4. The van der Waals surface area contributed by atoms with Gasteiger partial charge in [-0.3, -0.25) is 4.98 Å². The number of rotatable bonds is 1. The number of carbonyl (C=O) groups excluding carboxylic acids is 1. The summed E-state index contributed by atoms with van der Waals surface area (Å²) in [6.45, 7) is 3.09. The SMILES string of the molecule is COC(=O)Oc1c(C)c(C)nc2cc(C(F)(F)F)c(F)cc12. The quantitative estimate of drug-likeness (QED) is 0.585. The van der Waals surface area contributed by atoms with Gasteiger partial charge in [0.25, 0.3) is 0 Å². The zero-order chi connectivity index (χ0) is 16.7. The second-order valence-corrected chi connectivity index (χ2v) is 4.55. The van der Waals surface area contributed by atoms with Crippen molar-refractivity contribution in [3.63, 3.8) is 0 Å². The van der Waals surface area contributed by atoms with Gasteiger partial charge in [0.2, 0.25) is 0 Å². The Balaban J connectivity index is 2.77. The Morgan fingerprint density at radius 2 is 1.86 bits per heavy atom. The number of alkyl halides is 3. The van der Waals surface area contributed by atoms with Crippen LogP contribution in [0.25, 0.3) is 10.9 Å². The third-order valence-electron chi connectivity index (χ3n) is 3.16. The molecule has 0 atom stereocenters. The number of benzene rings is 1. The Morgan fingerprint density at radius 3 is 2.41 bits per heavy atom. The van der Waals surface area contributed by atoms with Crippen LogP contribution in [0.15, 0.2) is 12.1 Å². The number of methoxy groups -OCH3 is 1. The summed E-state index contributed by atoms with van der Waals surface area (Å²) in [6, 6.07) is 1.23. The first-order valence-corrected chi connectivity index (χ1v) is 6.08. The molecule has 0 fully saturated rings. The molecule has 22 heavy (non-hydrogen) atoms. The summed E-state index contributed by atoms with van der Waals surface area (Å²) in [5, 5.41) is -0.0426. The zero-order valence-corrected chi connectivity index (χ0v) is 11.8. The molecule has 1 heterocycles. The van der Waals surface area contributed by atoms with Gasteiger partial charge in [-0.25, -0.2) is 9.18 Å². The van der Waals surface area contributed by atoms with Crippen LogP contribution in [0.1, 0.15) is 16.8 Å². The lowest BCUT2D eigenvalue weighted by atomic mass is 10.1. The maximum absolute atomic E-state index is 13.7. The summed E-state index contributed by atoms with van der Waals surface area (Å²) >= 11 is 0. The minimum Gasteiger partial charge on any atom is -0.437 e. The number of aryl methyl sites for hydroxylation is 1. The molecule has 4 nitrogen and oxygen atoms in total. The van der Waals surface area contributed by atoms with Crippen molar-refractivity contribution in [2.45, 2.75) is 20.0 Å². The molecule has 8 heteroatoms. The molecule has 118 valence electrons. The van der Waals surface area contributed by atoms with Crippen LogP contribution in [0.2, 0.25) is 0 Å². The van der Waals surface area contributed by atoms with E-state index in [2.05, 4.69) is 9.72 Å². The summed E-state index contributed by atoms with van der Waals surface area (Å²) < 4.78 is 61.2. The van der Waals surface area contributed by atoms with Crippen LogP contribution in [-0.4, -0.2) is 18.2 Å². The standard InChI is InChI=1S/C14H11F4NO3/c1-6-7(2)19-11-5-9(14(16,17)18)10(15)4-8(11)12(6)22-13(20)21-3/h4-5H,1-3H3. The molecule has 0 aliphatic rings. The minimum absolute atomic E-state index is 0.0426. The predicted octanol–water partition coefficient (Wildman–Crippen LogP) is 4.15. The molecule has 2 aromatic rings. The smallest absolute Gasteiger partial charge is 0.437 e. The summed E-state index contributed by atoms with van der Waals surface area (Å²) in [5.41, 5.74) is -0.807. The predicted molar refractivity (Wildman–Crippen MR) is 69.2 cm³/mol. The van der Waals surface area contributed by atoms with Crippen LogP contribution in [0, 0.1) is 19.7 Å². The molecule has 1 aromatic heterocycles. The molecule has 0 aliphatic carbocycles. The Kier molecular flexibility index (Phi) is 3.95. The fraction of sp³-hybridized carbons (Fsp3) is 0.286. The fourth-order valence-electron chi connectivity index (χ4n) is 1.94. The van der Waals surface area contributed by atoms with Gasteiger partial charge >= 0.3 is 12.3 Å². The highest BCUT2D eigenvalue weighted by atomic mass is 19.4. The highest BCUT2D eigenvalue weighted by Gasteiger charge is 2.35. The summed E-state index contributed by atoms with van der Waals surface area (Å²) in [5.74, 6) is -1.55. The molecule has 0 saturated heterocycles. The van der Waals surface area contributed by atoms with Crippen LogP contribution in [0.4, 0.5) is 22.4 Å². The van der Waals surface area contributed by atoms with E-state index in [4.69, 9.17) is 4.74 Å². The molecular weight excluding hydrogens is 306 g/mol. The molecule has 1 aromatic carbocycles. The third-order valence-corrected chi connectivity index (χ3v) is 3.16. The summed E-state index contributed by atoms with van der Waals surface area (Å²) in [6.07, 6.45) is -5.91. The Morgan fingerprint density at radius 1 is 1.23 bits per heavy atom. The number of ether oxygens (including phenoxy) is 2. The minimum atomic E-state index is -4.85. The highest BCUT2D eigenvalue weighted by Crippen LogP contribution is 2.37. The second-order valence-electron chi connectivity index (χ2n) is 4.55. The molecule has 0 spiro atoms. The number of hydrogen-bond donors (Lipinski definition) is 0. The van der Waals surface area contributed by atoms with Gasteiger partial charge in [0, 0.05) is 16.6 Å². The van der Waals surface area contributed by atoms with E-state index in [-0.39, 0.29) is 16.7 Å². The molecule has 0 saturated carbocycles. The first-order chi connectivity index (χ1) is 10.1. The van der Waals surface area contributed by atoms with Crippen molar-refractivity contribution in [3.05, 3.63) is 34.8 Å². The highest BCUT2D eigenvalue weighted by molar-refractivity contribution is 5.89. The van der Waals surface area contributed by atoms with Crippen molar-refractivity contribution in [2.24, 2.45) is 0 Å². The lowest BCUT2D eigenvalue weighted by molar-refractivity contribution is -0.139. The first-order valence-electron chi connectivity index (χ1n) is 6.08. The van der Waals surface area contributed by atoms with Crippen molar-refractivity contribution >= 4 is 17.1 Å². The van der Waals surface area contributed by atoms with E-state index in [1.165, 1.54) is 6.92 Å². The van der Waals surface area contributed by atoms with Crippen molar-refractivity contribution in [1.82, 2.24) is 4.98 Å². The van der Waals surface area contributed by atoms with Gasteiger partial charge in [-0.2, -0.15) is 13.2 Å². The maximum atomic E-state index is 13.7. The number of carbonyl (C=O) groups is 1. The van der Waals surface area contributed by atoms with E-state index in [1.807, 2.05) is 0 Å². The van der Waals surface area contributed by atoms with E-state index in [1.54, 1.807) is 6.92 Å². The molecule has 2 rings (SSSR count). The van der Waals surface area contributed by atoms with Crippen molar-refractivity contribution in [2.75, 3.05) is 7.11 Å². The van der Waals surface area contributed by atoms with Gasteiger partial charge in [-0.1, -0.05) is 0 Å². The molecule has 0 bridgehead atoms. The van der Waals surface area contributed by atoms with Gasteiger partial charge in [0.05, 0.1) is 18.2 Å². The number of pyridine rings is 1. The van der Waals surface area contributed by atoms with Gasteiger partial charge in [0.1, 0.15) is 11.6 Å². The van der Waals surface area contributed by atoms with Gasteiger partial charge in [-0.05, 0) is 26.0 Å². The fourth-order valence-corrected chi connectivity index (χ4v) is 1.94. The van der Waals surface area contributed by atoms with Crippen LogP contribution < -0.4 is 4.74 Å². The van der Waals surface area contributed by atoms with Crippen LogP contribution in [0.5, 0.6) is 5.75 Å². The van der Waals surface area contributed by atoms with Gasteiger partial charge in [-0.15, -0.1) is 0 Å². The summed E-state index contributed by atoms with van der Waals surface area (Å²) in [7, 11) is 1.08. The molecule has 0 amide bonds. The van der Waals surface area contributed by atoms with E-state index in [0.717, 1.165) is 7.11 Å². The zero-order valence-electron chi connectivity index (χ0n) is 11.8. The van der Waals surface area contributed by atoms with Crippen LogP contribution in [0.3, 0.4) is 0 Å². The van der Waals surface area contributed by atoms with E-state index in [0.29, 0.717) is 23.4 Å². The van der Waals surface area contributed by atoms with Crippen molar-refractivity contribution in [1.29, 1.82) is 0 Å². The second kappa shape index (κ2) is 5.43. The summed E-state index contributed by atoms with van der Waals surface area (Å²) in [4.78, 5) is 15.2. The lowest BCUT2D eigenvalue weighted by Gasteiger charge is -2.14. The Hall–Kier alpha value is -2.38. The number of nitrogens with zero attached hydrogens (tertiary/aromatic N) is 1. The molecule has 0 N–H and O–H groups in total. The average Bonchev–Trinajstić information content (AvgIpc) is 2.42. The Bertz CT molecular complexity index is 756. The first kappa shape index (κ1) is 16.0. The number of aromatic nitrogens is 1. The monoisotopic (exact) mass is 317 g/mol. The van der Waals surface area contributed by atoms with E-state index >= 15 is 0 Å². The lowest BCUT2D eigenvalue weighted by Crippen LogP contribution is -2.11. The number of hydrogen-bond acceptors (Lipinski definition) is 4. The normalized spacial score (nSPS) is 11.6. The van der Waals surface area contributed by atoms with Crippen LogP contribution >= 0.6 is 0 Å².